The Morgan fingerprint density at radius 2 is 1.30 bits per heavy atom. The molecule has 1 aliphatic rings. The van der Waals surface area contributed by atoms with Crippen molar-refractivity contribution in [3.63, 3.8) is 0 Å². The number of alkyl halides is 6. The summed E-state index contributed by atoms with van der Waals surface area (Å²) in [6.45, 7) is -0.224. The molecule has 27 heavy (non-hydrogen) atoms. The topological polar surface area (TPSA) is 67.9 Å². The van der Waals surface area contributed by atoms with E-state index in [1.54, 1.807) is 0 Å². The number of nitrogens with one attached hydrogen (secondary N) is 1. The van der Waals surface area contributed by atoms with Gasteiger partial charge in [-0.2, -0.15) is 43.8 Å². The summed E-state index contributed by atoms with van der Waals surface area (Å²) >= 11 is 0. The molecule has 2 atom stereocenters. The molecule has 1 aliphatic carbocycles. The minimum absolute atomic E-state index is 0.00560. The van der Waals surface area contributed by atoms with Crippen molar-refractivity contribution in [2.45, 2.75) is 37.7 Å². The molecule has 0 aromatic carbocycles. The van der Waals surface area contributed by atoms with Crippen molar-refractivity contribution in [2.75, 3.05) is 40.5 Å². The maximum Gasteiger partial charge on any atom is 0.391 e. The minimum atomic E-state index is -4.83. The molecule has 0 radical (unpaired) electrons. The summed E-state index contributed by atoms with van der Waals surface area (Å²) in [6, 6.07) is -1.48. The molecule has 2 unspecified atom stereocenters. The maximum atomic E-state index is 13.0. The van der Waals surface area contributed by atoms with Crippen LogP contribution in [0.1, 0.15) is 19.3 Å². The van der Waals surface area contributed by atoms with Gasteiger partial charge in [0.15, 0.2) is 0 Å². The van der Waals surface area contributed by atoms with E-state index >= 15 is 0 Å². The predicted molar refractivity (Wildman–Crippen MR) is 84.1 cm³/mol. The van der Waals surface area contributed by atoms with Gasteiger partial charge in [-0.3, -0.25) is 0 Å². The third kappa shape index (κ3) is 7.72. The summed E-state index contributed by atoms with van der Waals surface area (Å²) in [7, 11) is -1.65. The van der Waals surface area contributed by atoms with Crippen LogP contribution in [0.15, 0.2) is 0 Å². The lowest BCUT2D eigenvalue weighted by atomic mass is 9.78. The van der Waals surface area contributed by atoms with E-state index < -0.39 is 59.7 Å². The molecule has 1 rings (SSSR count). The van der Waals surface area contributed by atoms with Crippen molar-refractivity contribution >= 4 is 10.2 Å². The Bertz CT molecular complexity index is 525. The van der Waals surface area contributed by atoms with Gasteiger partial charge in [-0.05, 0) is 19.3 Å². The summed E-state index contributed by atoms with van der Waals surface area (Å²) in [6.07, 6.45) is -12.2. The third-order valence-corrected chi connectivity index (χ3v) is 6.05. The van der Waals surface area contributed by atoms with Crippen molar-refractivity contribution in [2.24, 2.45) is 11.8 Å². The van der Waals surface area contributed by atoms with Crippen molar-refractivity contribution in [1.82, 2.24) is 9.03 Å². The fourth-order valence-electron chi connectivity index (χ4n) is 2.97. The van der Waals surface area contributed by atoms with E-state index in [4.69, 9.17) is 9.47 Å². The SMILES string of the molecule is COCCN(CCOC)S(=O)(=O)NC1CC(C(F)(F)F)CC(C(F)(F)F)C1. The van der Waals surface area contributed by atoms with Crippen molar-refractivity contribution < 1.29 is 44.2 Å². The highest BCUT2D eigenvalue weighted by atomic mass is 32.2. The van der Waals surface area contributed by atoms with E-state index in [1.165, 1.54) is 14.2 Å². The minimum Gasteiger partial charge on any atom is -0.383 e. The van der Waals surface area contributed by atoms with Crippen LogP contribution >= 0.6 is 0 Å². The van der Waals surface area contributed by atoms with E-state index in [0.717, 1.165) is 4.31 Å². The lowest BCUT2D eigenvalue weighted by Gasteiger charge is -2.37. The van der Waals surface area contributed by atoms with E-state index in [-0.39, 0.29) is 26.3 Å². The second-order valence-electron chi connectivity index (χ2n) is 6.39. The third-order valence-electron chi connectivity index (χ3n) is 4.38. The zero-order chi connectivity index (χ0) is 20.9. The van der Waals surface area contributed by atoms with Crippen LogP contribution in [0.2, 0.25) is 0 Å². The van der Waals surface area contributed by atoms with Gasteiger partial charge < -0.3 is 9.47 Å². The Morgan fingerprint density at radius 3 is 1.63 bits per heavy atom. The van der Waals surface area contributed by atoms with Crippen LogP contribution < -0.4 is 4.72 Å². The molecule has 162 valence electrons. The van der Waals surface area contributed by atoms with Gasteiger partial charge >= 0.3 is 12.4 Å². The molecule has 0 aliphatic heterocycles. The second kappa shape index (κ2) is 9.72. The molecule has 0 aromatic heterocycles. The highest BCUT2D eigenvalue weighted by molar-refractivity contribution is 7.87. The van der Waals surface area contributed by atoms with E-state index in [1.807, 2.05) is 4.72 Å². The van der Waals surface area contributed by atoms with Crippen molar-refractivity contribution in [3.05, 3.63) is 0 Å². The Balaban J connectivity index is 2.96. The average molecular weight is 430 g/mol. The number of ether oxygens (including phenoxy) is 2. The first-order chi connectivity index (χ1) is 12.3. The lowest BCUT2D eigenvalue weighted by Crippen LogP contribution is -2.52. The van der Waals surface area contributed by atoms with Crippen LogP contribution in [-0.2, 0) is 19.7 Å². The van der Waals surface area contributed by atoms with Crippen LogP contribution in [-0.4, -0.2) is 71.6 Å². The summed E-state index contributed by atoms with van der Waals surface area (Å²) in [5.74, 6) is -4.45. The first-order valence-corrected chi connectivity index (χ1v) is 9.64. The molecule has 1 saturated carbocycles. The zero-order valence-electron chi connectivity index (χ0n) is 14.9. The van der Waals surface area contributed by atoms with Gasteiger partial charge in [0, 0.05) is 33.4 Å². The number of hydrogen-bond acceptors (Lipinski definition) is 4. The van der Waals surface area contributed by atoms with Crippen LogP contribution in [0.25, 0.3) is 0 Å². The zero-order valence-corrected chi connectivity index (χ0v) is 15.8. The summed E-state index contributed by atoms with van der Waals surface area (Å²) in [5, 5.41) is 0. The highest BCUT2D eigenvalue weighted by Crippen LogP contribution is 2.45. The molecule has 0 saturated heterocycles. The monoisotopic (exact) mass is 430 g/mol. The molecule has 0 amide bonds. The number of rotatable bonds is 9. The van der Waals surface area contributed by atoms with E-state index in [0.29, 0.717) is 0 Å². The van der Waals surface area contributed by atoms with Gasteiger partial charge in [-0.15, -0.1) is 0 Å². The summed E-state index contributed by atoms with van der Waals surface area (Å²) in [4.78, 5) is 0. The molecular weight excluding hydrogens is 406 g/mol. The number of halogens is 6. The highest BCUT2D eigenvalue weighted by Gasteiger charge is 2.52. The summed E-state index contributed by atoms with van der Waals surface area (Å²) in [5.41, 5.74) is 0. The molecule has 0 heterocycles. The fourth-order valence-corrected chi connectivity index (χ4v) is 4.37. The quantitative estimate of drug-likeness (QED) is 0.571. The summed E-state index contributed by atoms with van der Waals surface area (Å²) < 4.78 is 115. The molecule has 6 nitrogen and oxygen atoms in total. The molecule has 13 heteroatoms. The van der Waals surface area contributed by atoms with Crippen molar-refractivity contribution in [1.29, 1.82) is 0 Å². The number of hydrogen-bond donors (Lipinski definition) is 1. The Kier molecular flexibility index (Phi) is 8.79. The maximum absolute atomic E-state index is 13.0. The molecule has 0 bridgehead atoms. The normalized spacial score (nSPS) is 25.1. The van der Waals surface area contributed by atoms with Gasteiger partial charge in [0.25, 0.3) is 10.2 Å². The van der Waals surface area contributed by atoms with Gasteiger partial charge in [0.05, 0.1) is 25.0 Å². The van der Waals surface area contributed by atoms with Gasteiger partial charge in [-0.25, -0.2) is 0 Å². The first kappa shape index (κ1) is 24.4. The van der Waals surface area contributed by atoms with Crippen LogP contribution in [0, 0.1) is 11.8 Å². The van der Waals surface area contributed by atoms with E-state index in [2.05, 4.69) is 0 Å². The number of methoxy groups -OCH3 is 2. The Hall–Kier alpha value is -0.630. The fraction of sp³-hybridized carbons (Fsp3) is 1.00. The molecule has 1 fully saturated rings. The Labute approximate surface area is 154 Å². The Morgan fingerprint density at radius 1 is 0.889 bits per heavy atom. The molecule has 1 N–H and O–H groups in total. The predicted octanol–water partition coefficient (Wildman–Crippen LogP) is 2.33. The van der Waals surface area contributed by atoms with Crippen LogP contribution in [0.4, 0.5) is 26.3 Å². The van der Waals surface area contributed by atoms with Crippen LogP contribution in [0.5, 0.6) is 0 Å². The van der Waals surface area contributed by atoms with E-state index in [9.17, 15) is 34.8 Å². The lowest BCUT2D eigenvalue weighted by molar-refractivity contribution is -0.224. The smallest absolute Gasteiger partial charge is 0.383 e. The van der Waals surface area contributed by atoms with Gasteiger partial charge in [0.2, 0.25) is 0 Å². The van der Waals surface area contributed by atoms with Gasteiger partial charge in [0.1, 0.15) is 0 Å². The van der Waals surface area contributed by atoms with Crippen LogP contribution in [0.3, 0.4) is 0 Å². The first-order valence-electron chi connectivity index (χ1n) is 8.20. The second-order valence-corrected chi connectivity index (χ2v) is 8.09. The largest absolute Gasteiger partial charge is 0.391 e. The standard InChI is InChI=1S/C14H24F6N2O4S/c1-25-5-3-22(4-6-26-2)27(23,24)21-12-8-10(13(15,16)17)7-11(9-12)14(18,19)20/h10-12,21H,3-9H2,1-2H3. The average Bonchev–Trinajstić information content (AvgIpc) is 2.52. The van der Waals surface area contributed by atoms with Crippen molar-refractivity contribution in [3.8, 4) is 0 Å². The molecular formula is C14H24F6N2O4S. The molecule has 0 spiro atoms. The molecule has 0 aromatic rings. The number of nitrogens with zero attached hydrogens (tertiary/aromatic N) is 1. The van der Waals surface area contributed by atoms with Gasteiger partial charge in [-0.1, -0.05) is 0 Å².